The molecule has 11 nitrogen and oxygen atoms in total. The van der Waals surface area contributed by atoms with Gasteiger partial charge in [0.15, 0.2) is 5.69 Å². The van der Waals surface area contributed by atoms with E-state index in [1.165, 1.54) is 12.4 Å². The Balaban J connectivity index is 1.52. The molecule has 0 bridgehead atoms. The number of hydrogen-bond acceptors (Lipinski definition) is 10. The van der Waals surface area contributed by atoms with Crippen LogP contribution < -0.4 is 15.4 Å². The molecule has 38 heavy (non-hydrogen) atoms. The van der Waals surface area contributed by atoms with Crippen LogP contribution in [0.25, 0.3) is 11.1 Å². The Labute approximate surface area is 221 Å². The third-order valence-corrected chi connectivity index (χ3v) is 5.64. The summed E-state index contributed by atoms with van der Waals surface area (Å²) in [4.78, 5) is 27.0. The highest BCUT2D eigenvalue weighted by atomic mass is 16.6. The zero-order valence-corrected chi connectivity index (χ0v) is 21.9. The van der Waals surface area contributed by atoms with Gasteiger partial charge in [-0.25, -0.2) is 19.7 Å². The van der Waals surface area contributed by atoms with E-state index < -0.39 is 5.60 Å². The molecule has 11 heteroatoms. The molecule has 1 amide bonds. The average molecular weight is 518 g/mol. The van der Waals surface area contributed by atoms with Gasteiger partial charge < -0.3 is 29.7 Å². The molecule has 0 unspecified atom stereocenters. The van der Waals surface area contributed by atoms with Crippen molar-refractivity contribution in [1.82, 2.24) is 19.9 Å². The molecule has 198 valence electrons. The lowest BCUT2D eigenvalue weighted by Gasteiger charge is -2.34. The van der Waals surface area contributed by atoms with E-state index in [1.54, 1.807) is 18.2 Å². The number of hydrogen-bond donors (Lipinski definition) is 2. The van der Waals surface area contributed by atoms with Gasteiger partial charge >= 0.3 is 6.09 Å². The van der Waals surface area contributed by atoms with Gasteiger partial charge in [-0.3, -0.25) is 0 Å². The standard InChI is InChI=1S/C27H31N7O4/c1-27(2,3)38-26(35)34-9-10-37-21(17-34)14-30-23-11-24(33-25-16-29-19(12-28)13-31-25)32-15-22(23)18-5-7-20(36-4)8-6-18/h5-8,11,13,15-16,21H,9-10,14,17H2,1-4H3,(H2,30,31,32,33)/t21-/m1/s1. The lowest BCUT2D eigenvalue weighted by molar-refractivity contribution is -0.0371. The lowest BCUT2D eigenvalue weighted by atomic mass is 10.1. The van der Waals surface area contributed by atoms with Crippen molar-refractivity contribution in [3.05, 3.63) is 54.6 Å². The molecule has 2 aromatic heterocycles. The van der Waals surface area contributed by atoms with Crippen LogP contribution in [0.1, 0.15) is 26.5 Å². The maximum absolute atomic E-state index is 12.6. The monoisotopic (exact) mass is 517 g/mol. The highest BCUT2D eigenvalue weighted by Crippen LogP contribution is 2.31. The molecule has 1 aliphatic rings. The Kier molecular flexibility index (Phi) is 8.23. The first-order valence-electron chi connectivity index (χ1n) is 12.2. The summed E-state index contributed by atoms with van der Waals surface area (Å²) in [6.45, 7) is 7.34. The van der Waals surface area contributed by atoms with Crippen molar-refractivity contribution in [2.24, 2.45) is 0 Å². The van der Waals surface area contributed by atoms with Crippen LogP contribution in [0, 0.1) is 11.3 Å². The predicted molar refractivity (Wildman–Crippen MR) is 142 cm³/mol. The molecular formula is C27H31N7O4. The fourth-order valence-electron chi connectivity index (χ4n) is 3.81. The second-order valence-electron chi connectivity index (χ2n) is 9.67. The number of nitrogens with one attached hydrogen (secondary N) is 2. The Bertz CT molecular complexity index is 1280. The molecule has 0 aliphatic carbocycles. The molecule has 1 saturated heterocycles. The second-order valence-corrected chi connectivity index (χ2v) is 9.67. The first-order chi connectivity index (χ1) is 18.2. The molecule has 0 spiro atoms. The number of nitriles is 1. The van der Waals surface area contributed by atoms with E-state index in [0.29, 0.717) is 37.9 Å². The zero-order valence-electron chi connectivity index (χ0n) is 21.9. The number of rotatable bonds is 7. The smallest absolute Gasteiger partial charge is 0.410 e. The molecule has 4 rings (SSSR count). The van der Waals surface area contributed by atoms with Gasteiger partial charge in [0, 0.05) is 36.6 Å². The van der Waals surface area contributed by atoms with E-state index >= 15 is 0 Å². The molecule has 0 saturated carbocycles. The van der Waals surface area contributed by atoms with Crippen molar-refractivity contribution in [1.29, 1.82) is 5.26 Å². The first kappa shape index (κ1) is 26.6. The number of nitrogens with zero attached hydrogens (tertiary/aromatic N) is 5. The van der Waals surface area contributed by atoms with Crippen molar-refractivity contribution in [3.63, 3.8) is 0 Å². The van der Waals surface area contributed by atoms with E-state index in [1.807, 2.05) is 57.2 Å². The summed E-state index contributed by atoms with van der Waals surface area (Å²) in [6, 6.07) is 11.5. The first-order valence-corrected chi connectivity index (χ1v) is 12.2. The second kappa shape index (κ2) is 11.7. The summed E-state index contributed by atoms with van der Waals surface area (Å²) in [7, 11) is 1.63. The third-order valence-electron chi connectivity index (χ3n) is 5.64. The number of carbonyl (C=O) groups is 1. The van der Waals surface area contributed by atoms with Crippen molar-refractivity contribution in [2.75, 3.05) is 44.0 Å². The molecule has 0 radical (unpaired) electrons. The maximum Gasteiger partial charge on any atom is 0.410 e. The van der Waals surface area contributed by atoms with E-state index in [9.17, 15) is 4.79 Å². The minimum Gasteiger partial charge on any atom is -0.497 e. The zero-order chi connectivity index (χ0) is 27.1. The molecular weight excluding hydrogens is 486 g/mol. The number of ether oxygens (including phenoxy) is 3. The highest BCUT2D eigenvalue weighted by Gasteiger charge is 2.28. The Morgan fingerprint density at radius 1 is 1.16 bits per heavy atom. The average Bonchev–Trinajstić information content (AvgIpc) is 2.92. The van der Waals surface area contributed by atoms with Crippen molar-refractivity contribution >= 4 is 23.4 Å². The van der Waals surface area contributed by atoms with E-state index in [-0.39, 0.29) is 17.9 Å². The summed E-state index contributed by atoms with van der Waals surface area (Å²) < 4.78 is 16.7. The van der Waals surface area contributed by atoms with Gasteiger partial charge in [-0.15, -0.1) is 0 Å². The number of carbonyl (C=O) groups excluding carboxylic acids is 1. The summed E-state index contributed by atoms with van der Waals surface area (Å²) in [5.41, 5.74) is 2.31. The molecule has 3 aromatic rings. The summed E-state index contributed by atoms with van der Waals surface area (Å²) >= 11 is 0. The van der Waals surface area contributed by atoms with Gasteiger partial charge in [0.05, 0.1) is 38.8 Å². The van der Waals surface area contributed by atoms with Crippen LogP contribution in [0.3, 0.4) is 0 Å². The van der Waals surface area contributed by atoms with Gasteiger partial charge in [0.25, 0.3) is 0 Å². The van der Waals surface area contributed by atoms with Crippen LogP contribution in [-0.4, -0.2) is 71.0 Å². The number of aromatic nitrogens is 3. The van der Waals surface area contributed by atoms with Crippen molar-refractivity contribution in [3.8, 4) is 22.9 Å². The molecule has 1 atom stereocenters. The number of amides is 1. The lowest BCUT2D eigenvalue weighted by Crippen LogP contribution is -2.49. The SMILES string of the molecule is COc1ccc(-c2cnc(Nc3cnc(C#N)cn3)cc2NC[C@@H]2CN(C(=O)OC(C)(C)C)CCO2)cc1. The third kappa shape index (κ3) is 7.08. The fraction of sp³-hybridized carbons (Fsp3) is 0.370. The van der Waals surface area contributed by atoms with Gasteiger partial charge in [0.1, 0.15) is 29.1 Å². The minimum atomic E-state index is -0.559. The number of morpholine rings is 1. The quantitative estimate of drug-likeness (QED) is 0.469. The van der Waals surface area contributed by atoms with Crippen molar-refractivity contribution in [2.45, 2.75) is 32.5 Å². The largest absolute Gasteiger partial charge is 0.497 e. The molecule has 1 fully saturated rings. The van der Waals surface area contributed by atoms with Crippen molar-refractivity contribution < 1.29 is 19.0 Å². The summed E-state index contributed by atoms with van der Waals surface area (Å²) in [5.74, 6) is 1.76. The Morgan fingerprint density at radius 3 is 2.58 bits per heavy atom. The van der Waals surface area contributed by atoms with Crippen LogP contribution in [0.5, 0.6) is 5.75 Å². The molecule has 3 heterocycles. The van der Waals surface area contributed by atoms with Crippen LogP contribution in [0.4, 0.5) is 22.1 Å². The maximum atomic E-state index is 12.6. The molecule has 2 N–H and O–H groups in total. The van der Waals surface area contributed by atoms with Gasteiger partial charge in [-0.1, -0.05) is 12.1 Å². The van der Waals surface area contributed by atoms with Crippen LogP contribution in [-0.2, 0) is 9.47 Å². The number of benzene rings is 1. The van der Waals surface area contributed by atoms with Gasteiger partial charge in [-0.05, 0) is 38.5 Å². The highest BCUT2D eigenvalue weighted by molar-refractivity contribution is 5.80. The van der Waals surface area contributed by atoms with E-state index in [2.05, 4.69) is 25.6 Å². The fourth-order valence-corrected chi connectivity index (χ4v) is 3.81. The minimum absolute atomic E-state index is 0.228. The van der Waals surface area contributed by atoms with Crippen LogP contribution in [0.15, 0.2) is 48.9 Å². The Morgan fingerprint density at radius 2 is 1.92 bits per heavy atom. The number of anilines is 3. The van der Waals surface area contributed by atoms with E-state index in [0.717, 1.165) is 22.6 Å². The Hall–Kier alpha value is -4.43. The topological polar surface area (TPSA) is 135 Å². The summed E-state index contributed by atoms with van der Waals surface area (Å²) in [6.07, 6.45) is 4.06. The molecule has 1 aromatic carbocycles. The van der Waals surface area contributed by atoms with E-state index in [4.69, 9.17) is 19.5 Å². The number of pyridine rings is 1. The predicted octanol–water partition coefficient (Wildman–Crippen LogP) is 4.21. The summed E-state index contributed by atoms with van der Waals surface area (Å²) in [5, 5.41) is 15.5. The van der Waals surface area contributed by atoms with Crippen LogP contribution in [0.2, 0.25) is 0 Å². The van der Waals surface area contributed by atoms with Crippen LogP contribution >= 0.6 is 0 Å². The van der Waals surface area contributed by atoms with Gasteiger partial charge in [-0.2, -0.15) is 5.26 Å². The van der Waals surface area contributed by atoms with Gasteiger partial charge in [0.2, 0.25) is 0 Å². The normalized spacial score (nSPS) is 15.3. The molecule has 1 aliphatic heterocycles. The number of methoxy groups -OCH3 is 1.